The third kappa shape index (κ3) is 4.18. The molecule has 1 amide bonds. The van der Waals surface area contributed by atoms with E-state index in [1.54, 1.807) is 26.1 Å². The number of hydrogen-bond acceptors (Lipinski definition) is 3. The maximum atomic E-state index is 12.4. The number of carbonyl (C=O) groups is 2. The molecule has 0 aliphatic heterocycles. The molecule has 21 heavy (non-hydrogen) atoms. The van der Waals surface area contributed by atoms with Crippen LogP contribution < -0.4 is 10.9 Å². The van der Waals surface area contributed by atoms with Crippen molar-refractivity contribution in [1.29, 1.82) is 0 Å². The first-order valence-electron chi connectivity index (χ1n) is 6.99. The Morgan fingerprint density at radius 3 is 2.43 bits per heavy atom. The van der Waals surface area contributed by atoms with Gasteiger partial charge in [0.1, 0.15) is 12.1 Å². The van der Waals surface area contributed by atoms with Crippen molar-refractivity contribution in [2.45, 2.75) is 46.2 Å². The number of pyridine rings is 1. The molecule has 0 saturated heterocycles. The maximum absolute atomic E-state index is 12.4. The first-order valence-corrected chi connectivity index (χ1v) is 6.99. The summed E-state index contributed by atoms with van der Waals surface area (Å²) < 4.78 is 1.35. The number of carboxylic acids is 1. The summed E-state index contributed by atoms with van der Waals surface area (Å²) in [6.07, 6.45) is 1.86. The van der Waals surface area contributed by atoms with Crippen LogP contribution >= 0.6 is 0 Å². The van der Waals surface area contributed by atoms with Gasteiger partial charge in [-0.25, -0.2) is 4.79 Å². The third-order valence-electron chi connectivity index (χ3n) is 3.33. The van der Waals surface area contributed by atoms with Crippen molar-refractivity contribution in [3.8, 4) is 0 Å². The van der Waals surface area contributed by atoms with E-state index >= 15 is 0 Å². The first-order chi connectivity index (χ1) is 9.77. The topological polar surface area (TPSA) is 88.4 Å². The maximum Gasteiger partial charge on any atom is 0.326 e. The fourth-order valence-electron chi connectivity index (χ4n) is 2.16. The van der Waals surface area contributed by atoms with Gasteiger partial charge in [0, 0.05) is 12.3 Å². The zero-order chi connectivity index (χ0) is 16.2. The summed E-state index contributed by atoms with van der Waals surface area (Å²) >= 11 is 0. The number of aliphatic carboxylic acids is 1. The van der Waals surface area contributed by atoms with E-state index in [1.807, 2.05) is 13.8 Å². The number of hydrogen-bond donors (Lipinski definition) is 2. The Kier molecular flexibility index (Phi) is 5.69. The van der Waals surface area contributed by atoms with E-state index in [2.05, 4.69) is 5.32 Å². The standard InChI is InChI=1S/C15H22N2O4/c1-5-11(15(20)21)16-14(19)13(9(2)3)17-7-6-10(4)8-12(17)18/h6-9,11,13H,5H2,1-4H3,(H,16,19)(H,20,21). The van der Waals surface area contributed by atoms with Crippen molar-refractivity contribution in [3.63, 3.8) is 0 Å². The summed E-state index contributed by atoms with van der Waals surface area (Å²) in [6, 6.07) is 1.53. The quantitative estimate of drug-likeness (QED) is 0.828. The highest BCUT2D eigenvalue weighted by atomic mass is 16.4. The predicted octanol–water partition coefficient (Wildman–Crippen LogP) is 1.33. The van der Waals surface area contributed by atoms with E-state index in [1.165, 1.54) is 10.6 Å². The van der Waals surface area contributed by atoms with Crippen molar-refractivity contribution in [2.75, 3.05) is 0 Å². The van der Waals surface area contributed by atoms with Crippen LogP contribution in [0.1, 0.15) is 38.8 Å². The Hall–Kier alpha value is -2.11. The highest BCUT2D eigenvalue weighted by Crippen LogP contribution is 2.16. The second-order valence-electron chi connectivity index (χ2n) is 5.45. The highest BCUT2D eigenvalue weighted by molar-refractivity contribution is 5.86. The molecule has 0 aromatic carbocycles. The van der Waals surface area contributed by atoms with Gasteiger partial charge >= 0.3 is 5.97 Å². The molecule has 0 bridgehead atoms. The molecule has 6 nitrogen and oxygen atoms in total. The van der Waals surface area contributed by atoms with Gasteiger partial charge in [-0.15, -0.1) is 0 Å². The van der Waals surface area contributed by atoms with Gasteiger partial charge in [0.15, 0.2) is 0 Å². The molecule has 1 rings (SSSR count). The van der Waals surface area contributed by atoms with Crippen molar-refractivity contribution in [1.82, 2.24) is 9.88 Å². The molecule has 2 unspecified atom stereocenters. The van der Waals surface area contributed by atoms with Crippen LogP contribution in [-0.4, -0.2) is 27.6 Å². The molecular weight excluding hydrogens is 272 g/mol. The number of aromatic nitrogens is 1. The summed E-state index contributed by atoms with van der Waals surface area (Å²) in [6.45, 7) is 7.12. The van der Waals surface area contributed by atoms with Crippen LogP contribution in [-0.2, 0) is 9.59 Å². The molecule has 116 valence electrons. The minimum absolute atomic E-state index is 0.142. The summed E-state index contributed by atoms with van der Waals surface area (Å²) in [5.41, 5.74) is 0.545. The Morgan fingerprint density at radius 1 is 1.38 bits per heavy atom. The lowest BCUT2D eigenvalue weighted by molar-refractivity contribution is -0.142. The number of rotatable bonds is 6. The number of carboxylic acid groups (broad SMARTS) is 1. The SMILES string of the molecule is CCC(NC(=O)C(C(C)C)n1ccc(C)cc1=O)C(=O)O. The van der Waals surface area contributed by atoms with Crippen molar-refractivity contribution >= 4 is 11.9 Å². The molecule has 6 heteroatoms. The normalized spacial score (nSPS) is 13.8. The second kappa shape index (κ2) is 7.06. The zero-order valence-electron chi connectivity index (χ0n) is 12.8. The summed E-state index contributed by atoms with van der Waals surface area (Å²) in [4.78, 5) is 35.4. The minimum atomic E-state index is -1.08. The van der Waals surface area contributed by atoms with E-state index in [9.17, 15) is 14.4 Å². The third-order valence-corrected chi connectivity index (χ3v) is 3.33. The van der Waals surface area contributed by atoms with Crippen molar-refractivity contribution < 1.29 is 14.7 Å². The molecule has 0 spiro atoms. The molecule has 2 atom stereocenters. The lowest BCUT2D eigenvalue weighted by Gasteiger charge is -2.24. The molecule has 0 radical (unpaired) electrons. The first kappa shape index (κ1) is 16.9. The lowest BCUT2D eigenvalue weighted by atomic mass is 10.0. The smallest absolute Gasteiger partial charge is 0.326 e. The fraction of sp³-hybridized carbons (Fsp3) is 0.533. The van der Waals surface area contributed by atoms with Crippen LogP contribution in [0.25, 0.3) is 0 Å². The van der Waals surface area contributed by atoms with Gasteiger partial charge in [-0.3, -0.25) is 9.59 Å². The molecule has 1 aromatic rings. The molecule has 0 saturated carbocycles. The Labute approximate surface area is 123 Å². The van der Waals surface area contributed by atoms with E-state index in [-0.39, 0.29) is 17.9 Å². The average Bonchev–Trinajstić information content (AvgIpc) is 2.38. The van der Waals surface area contributed by atoms with Crippen LogP contribution in [0.2, 0.25) is 0 Å². The van der Waals surface area contributed by atoms with Crippen LogP contribution in [0.15, 0.2) is 23.1 Å². The molecule has 2 N–H and O–H groups in total. The number of carbonyl (C=O) groups excluding carboxylic acids is 1. The van der Waals surface area contributed by atoms with Gasteiger partial charge in [0.25, 0.3) is 5.56 Å². The lowest BCUT2D eigenvalue weighted by Crippen LogP contribution is -2.46. The predicted molar refractivity (Wildman–Crippen MR) is 79.2 cm³/mol. The molecular formula is C15H22N2O4. The van der Waals surface area contributed by atoms with E-state index in [4.69, 9.17) is 5.11 Å². The zero-order valence-corrected chi connectivity index (χ0v) is 12.8. The number of aryl methyl sites for hydroxylation is 1. The van der Waals surface area contributed by atoms with E-state index in [0.717, 1.165) is 5.56 Å². The van der Waals surface area contributed by atoms with Crippen molar-refractivity contribution in [2.24, 2.45) is 5.92 Å². The van der Waals surface area contributed by atoms with Gasteiger partial charge in [-0.2, -0.15) is 0 Å². The van der Waals surface area contributed by atoms with Gasteiger partial charge in [0.05, 0.1) is 0 Å². The molecule has 0 aliphatic carbocycles. The summed E-state index contributed by atoms with van der Waals surface area (Å²) in [7, 11) is 0. The Balaban J connectivity index is 3.09. The van der Waals surface area contributed by atoms with Crippen LogP contribution in [0.4, 0.5) is 0 Å². The summed E-state index contributed by atoms with van der Waals surface area (Å²) in [5.74, 6) is -1.67. The summed E-state index contributed by atoms with van der Waals surface area (Å²) in [5, 5.41) is 11.5. The largest absolute Gasteiger partial charge is 0.480 e. The number of nitrogens with zero attached hydrogens (tertiary/aromatic N) is 1. The van der Waals surface area contributed by atoms with Gasteiger partial charge in [0.2, 0.25) is 5.91 Å². The molecule has 1 heterocycles. The van der Waals surface area contributed by atoms with Crippen LogP contribution in [0.5, 0.6) is 0 Å². The number of nitrogens with one attached hydrogen (secondary N) is 1. The van der Waals surface area contributed by atoms with Crippen LogP contribution in [0.3, 0.4) is 0 Å². The van der Waals surface area contributed by atoms with E-state index < -0.39 is 24.0 Å². The monoisotopic (exact) mass is 294 g/mol. The fourth-order valence-corrected chi connectivity index (χ4v) is 2.16. The van der Waals surface area contributed by atoms with Crippen LogP contribution in [0, 0.1) is 12.8 Å². The Bertz CT molecular complexity index is 577. The highest BCUT2D eigenvalue weighted by Gasteiger charge is 2.28. The van der Waals surface area contributed by atoms with Crippen molar-refractivity contribution in [3.05, 3.63) is 34.2 Å². The van der Waals surface area contributed by atoms with Gasteiger partial charge < -0.3 is 15.0 Å². The average molecular weight is 294 g/mol. The van der Waals surface area contributed by atoms with Gasteiger partial charge in [-0.1, -0.05) is 20.8 Å². The minimum Gasteiger partial charge on any atom is -0.480 e. The second-order valence-corrected chi connectivity index (χ2v) is 5.45. The number of amides is 1. The molecule has 0 aliphatic rings. The van der Waals surface area contributed by atoms with Gasteiger partial charge in [-0.05, 0) is 30.9 Å². The molecule has 0 fully saturated rings. The van der Waals surface area contributed by atoms with E-state index in [0.29, 0.717) is 0 Å². The Morgan fingerprint density at radius 2 is 2.00 bits per heavy atom. The molecule has 1 aromatic heterocycles.